The van der Waals surface area contributed by atoms with E-state index in [1.807, 2.05) is 80.6 Å². The highest BCUT2D eigenvalue weighted by molar-refractivity contribution is 5.96. The minimum atomic E-state index is -0.679. The number of aryl methyl sites for hydroxylation is 2. The second kappa shape index (κ2) is 11.6. The summed E-state index contributed by atoms with van der Waals surface area (Å²) in [7, 11) is 0. The molecule has 2 N–H and O–H groups in total. The van der Waals surface area contributed by atoms with Crippen LogP contribution in [-0.2, 0) is 20.7 Å². The lowest BCUT2D eigenvalue weighted by molar-refractivity contribution is -0.147. The van der Waals surface area contributed by atoms with Gasteiger partial charge in [0.2, 0.25) is 0 Å². The van der Waals surface area contributed by atoms with Gasteiger partial charge in [0.25, 0.3) is 11.8 Å². The number of ether oxygens (including phenoxy) is 1. The summed E-state index contributed by atoms with van der Waals surface area (Å²) in [6, 6.07) is 24.5. The molecule has 0 heterocycles. The fourth-order valence-electron chi connectivity index (χ4n) is 3.36. The molecule has 33 heavy (non-hydrogen) atoms. The number of esters is 1. The van der Waals surface area contributed by atoms with E-state index in [4.69, 9.17) is 4.74 Å². The van der Waals surface area contributed by atoms with Gasteiger partial charge in [-0.05, 0) is 54.7 Å². The zero-order valence-electron chi connectivity index (χ0n) is 18.8. The molecule has 0 saturated heterocycles. The molecule has 170 valence electrons. The third kappa shape index (κ3) is 7.31. The van der Waals surface area contributed by atoms with E-state index < -0.39 is 18.5 Å². The minimum Gasteiger partial charge on any atom is -0.454 e. The quantitative estimate of drug-likeness (QED) is 0.493. The summed E-state index contributed by atoms with van der Waals surface area (Å²) in [6.07, 6.45) is 0.608. The molecular formula is C27H28N2O4. The number of carbonyl (C=O) groups excluding carboxylic acids is 3. The van der Waals surface area contributed by atoms with Crippen LogP contribution in [0.3, 0.4) is 0 Å². The minimum absolute atomic E-state index is 0.260. The SMILES string of the molecule is Cc1ccc(C(=O)NCC(=O)OCC(=O)NC(Cc2ccccc2)c2ccccc2)cc1C. The summed E-state index contributed by atoms with van der Waals surface area (Å²) in [5.74, 6) is -1.46. The van der Waals surface area contributed by atoms with Crippen LogP contribution < -0.4 is 10.6 Å². The lowest BCUT2D eigenvalue weighted by Gasteiger charge is -2.19. The van der Waals surface area contributed by atoms with Gasteiger partial charge in [0, 0.05) is 5.56 Å². The summed E-state index contributed by atoms with van der Waals surface area (Å²) >= 11 is 0. The molecule has 3 aromatic rings. The van der Waals surface area contributed by atoms with E-state index in [9.17, 15) is 14.4 Å². The average molecular weight is 445 g/mol. The van der Waals surface area contributed by atoms with Crippen molar-refractivity contribution in [2.45, 2.75) is 26.3 Å². The third-order valence-corrected chi connectivity index (χ3v) is 5.35. The molecule has 0 fully saturated rings. The number of carbonyl (C=O) groups is 3. The van der Waals surface area contributed by atoms with Crippen molar-refractivity contribution in [3.8, 4) is 0 Å². The number of amides is 2. The van der Waals surface area contributed by atoms with Crippen LogP contribution in [0.15, 0.2) is 78.9 Å². The fraction of sp³-hybridized carbons (Fsp3) is 0.222. The van der Waals surface area contributed by atoms with Crippen LogP contribution in [0.1, 0.15) is 38.7 Å². The van der Waals surface area contributed by atoms with Crippen molar-refractivity contribution in [1.82, 2.24) is 10.6 Å². The Morgan fingerprint density at radius 1 is 0.848 bits per heavy atom. The van der Waals surface area contributed by atoms with Gasteiger partial charge in [-0.15, -0.1) is 0 Å². The fourth-order valence-corrected chi connectivity index (χ4v) is 3.36. The van der Waals surface area contributed by atoms with Gasteiger partial charge in [0.15, 0.2) is 6.61 Å². The number of hydrogen-bond acceptors (Lipinski definition) is 4. The first-order valence-electron chi connectivity index (χ1n) is 10.8. The summed E-state index contributed by atoms with van der Waals surface area (Å²) < 4.78 is 5.05. The van der Waals surface area contributed by atoms with Gasteiger partial charge >= 0.3 is 5.97 Å². The van der Waals surface area contributed by atoms with Gasteiger partial charge in [0.1, 0.15) is 6.54 Å². The maximum atomic E-state index is 12.5. The van der Waals surface area contributed by atoms with Gasteiger partial charge in [-0.1, -0.05) is 66.7 Å². The molecule has 3 rings (SSSR count). The monoisotopic (exact) mass is 444 g/mol. The molecule has 3 aromatic carbocycles. The first kappa shape index (κ1) is 23.7. The van der Waals surface area contributed by atoms with E-state index in [-0.39, 0.29) is 18.5 Å². The smallest absolute Gasteiger partial charge is 0.325 e. The molecule has 0 bridgehead atoms. The van der Waals surface area contributed by atoms with Crippen LogP contribution in [0.4, 0.5) is 0 Å². The molecule has 6 nitrogen and oxygen atoms in total. The molecular weight excluding hydrogens is 416 g/mol. The summed E-state index contributed by atoms with van der Waals surface area (Å²) in [5.41, 5.74) is 4.58. The number of rotatable bonds is 9. The zero-order chi connectivity index (χ0) is 23.6. The standard InChI is InChI=1S/C27H28N2O4/c1-19-13-14-23(15-20(19)2)27(32)28-17-26(31)33-18-25(30)29-24(22-11-7-4-8-12-22)16-21-9-5-3-6-10-21/h3-15,24H,16-18H2,1-2H3,(H,28,32)(H,29,30). The Balaban J connectivity index is 1.50. The normalized spacial score (nSPS) is 11.3. The molecule has 0 aliphatic rings. The summed E-state index contributed by atoms with van der Waals surface area (Å²) in [4.78, 5) is 36.7. The largest absolute Gasteiger partial charge is 0.454 e. The third-order valence-electron chi connectivity index (χ3n) is 5.35. The summed E-state index contributed by atoms with van der Waals surface area (Å²) in [6.45, 7) is 3.14. The number of nitrogens with one attached hydrogen (secondary N) is 2. The summed E-state index contributed by atoms with van der Waals surface area (Å²) in [5, 5.41) is 5.46. The Morgan fingerprint density at radius 2 is 1.52 bits per heavy atom. The second-order valence-corrected chi connectivity index (χ2v) is 7.86. The average Bonchev–Trinajstić information content (AvgIpc) is 2.83. The lowest BCUT2D eigenvalue weighted by Crippen LogP contribution is -2.36. The topological polar surface area (TPSA) is 84.5 Å². The van der Waals surface area contributed by atoms with Crippen molar-refractivity contribution in [3.63, 3.8) is 0 Å². The highest BCUT2D eigenvalue weighted by atomic mass is 16.5. The maximum Gasteiger partial charge on any atom is 0.325 e. The van der Waals surface area contributed by atoms with E-state index in [0.717, 1.165) is 22.3 Å². The van der Waals surface area contributed by atoms with Gasteiger partial charge < -0.3 is 15.4 Å². The second-order valence-electron chi connectivity index (χ2n) is 7.86. The number of benzene rings is 3. The first-order valence-corrected chi connectivity index (χ1v) is 10.8. The predicted molar refractivity (Wildman–Crippen MR) is 127 cm³/mol. The van der Waals surface area contributed by atoms with Crippen molar-refractivity contribution in [2.75, 3.05) is 13.2 Å². The van der Waals surface area contributed by atoms with Gasteiger partial charge in [0.05, 0.1) is 6.04 Å². The molecule has 6 heteroatoms. The molecule has 0 aliphatic heterocycles. The van der Waals surface area contributed by atoms with E-state index in [1.54, 1.807) is 12.1 Å². The van der Waals surface area contributed by atoms with Crippen LogP contribution in [0.2, 0.25) is 0 Å². The van der Waals surface area contributed by atoms with Gasteiger partial charge in [-0.25, -0.2) is 0 Å². The van der Waals surface area contributed by atoms with Crippen LogP contribution in [0.25, 0.3) is 0 Å². The Labute approximate surface area is 194 Å². The molecule has 1 atom stereocenters. The Hall–Kier alpha value is -3.93. The van der Waals surface area contributed by atoms with Crippen molar-refractivity contribution in [3.05, 3.63) is 107 Å². The van der Waals surface area contributed by atoms with Gasteiger partial charge in [-0.3, -0.25) is 14.4 Å². The number of hydrogen-bond donors (Lipinski definition) is 2. The Morgan fingerprint density at radius 3 is 2.18 bits per heavy atom. The lowest BCUT2D eigenvalue weighted by atomic mass is 9.99. The molecule has 2 amide bonds. The van der Waals surface area contributed by atoms with Crippen molar-refractivity contribution >= 4 is 17.8 Å². The Kier molecular flexibility index (Phi) is 8.36. The van der Waals surface area contributed by atoms with E-state index in [0.29, 0.717) is 12.0 Å². The molecule has 0 radical (unpaired) electrons. The zero-order valence-corrected chi connectivity index (χ0v) is 18.8. The van der Waals surface area contributed by atoms with Crippen LogP contribution in [-0.4, -0.2) is 30.9 Å². The predicted octanol–water partition coefficient (Wildman–Crippen LogP) is 3.68. The van der Waals surface area contributed by atoms with Crippen LogP contribution >= 0.6 is 0 Å². The van der Waals surface area contributed by atoms with Crippen LogP contribution in [0, 0.1) is 13.8 Å². The molecule has 0 aliphatic carbocycles. The first-order chi connectivity index (χ1) is 15.9. The van der Waals surface area contributed by atoms with Crippen molar-refractivity contribution in [1.29, 1.82) is 0 Å². The van der Waals surface area contributed by atoms with Crippen molar-refractivity contribution in [2.24, 2.45) is 0 Å². The maximum absolute atomic E-state index is 12.5. The van der Waals surface area contributed by atoms with Crippen LogP contribution in [0.5, 0.6) is 0 Å². The highest BCUT2D eigenvalue weighted by Gasteiger charge is 2.17. The van der Waals surface area contributed by atoms with E-state index >= 15 is 0 Å². The Bertz CT molecular complexity index is 1100. The van der Waals surface area contributed by atoms with E-state index in [1.165, 1.54) is 0 Å². The van der Waals surface area contributed by atoms with Gasteiger partial charge in [-0.2, -0.15) is 0 Å². The molecule has 0 aromatic heterocycles. The highest BCUT2D eigenvalue weighted by Crippen LogP contribution is 2.18. The van der Waals surface area contributed by atoms with Crippen molar-refractivity contribution < 1.29 is 19.1 Å². The molecule has 0 saturated carbocycles. The molecule has 0 spiro atoms. The van der Waals surface area contributed by atoms with E-state index in [2.05, 4.69) is 10.6 Å². The molecule has 1 unspecified atom stereocenters.